The Morgan fingerprint density at radius 1 is 0.880 bits per heavy atom. The van der Waals surface area contributed by atoms with Crippen LogP contribution in [0.4, 0.5) is 17.2 Å². The molecule has 0 radical (unpaired) electrons. The summed E-state index contributed by atoms with van der Waals surface area (Å²) in [6.07, 6.45) is 1.59. The van der Waals surface area contributed by atoms with Crippen LogP contribution >= 0.6 is 34.8 Å². The van der Waals surface area contributed by atoms with Gasteiger partial charge in [0.15, 0.2) is 0 Å². The molecule has 0 saturated heterocycles. The first-order chi connectivity index (χ1) is 12.0. The van der Waals surface area contributed by atoms with Crippen molar-refractivity contribution in [2.75, 3.05) is 10.6 Å². The normalized spacial score (nSPS) is 10.4. The lowest BCUT2D eigenvalue weighted by atomic mass is 10.2. The number of hydrogen-bond acceptors (Lipinski definition) is 3. The smallest absolute Gasteiger partial charge is 0.259 e. The van der Waals surface area contributed by atoms with Gasteiger partial charge in [0.25, 0.3) is 5.91 Å². The highest BCUT2D eigenvalue weighted by atomic mass is 35.5. The summed E-state index contributed by atoms with van der Waals surface area (Å²) in [5.74, 6) is 0.0641. The van der Waals surface area contributed by atoms with Gasteiger partial charge in [-0.05, 0) is 42.5 Å². The molecule has 2 aromatic carbocycles. The van der Waals surface area contributed by atoms with Gasteiger partial charge in [0, 0.05) is 11.9 Å². The monoisotopic (exact) mass is 391 g/mol. The van der Waals surface area contributed by atoms with Gasteiger partial charge in [-0.2, -0.15) is 0 Å². The van der Waals surface area contributed by atoms with E-state index in [-0.39, 0.29) is 5.91 Å². The summed E-state index contributed by atoms with van der Waals surface area (Å²) in [4.78, 5) is 16.8. The van der Waals surface area contributed by atoms with E-state index in [9.17, 15) is 4.79 Å². The maximum atomic E-state index is 12.6. The number of para-hydroxylation sites is 1. The zero-order valence-electron chi connectivity index (χ0n) is 12.8. The van der Waals surface area contributed by atoms with Crippen LogP contribution in [0.2, 0.25) is 15.1 Å². The largest absolute Gasteiger partial charge is 0.338 e. The van der Waals surface area contributed by atoms with E-state index in [0.29, 0.717) is 37.8 Å². The third-order valence-electron chi connectivity index (χ3n) is 3.36. The summed E-state index contributed by atoms with van der Waals surface area (Å²) >= 11 is 18.0. The molecule has 0 spiro atoms. The standard InChI is InChI=1S/C18H12Cl3N3O/c19-13-8-7-11(10-15(13)21)23-18(25)12-4-3-9-22-17(12)24-16-6-2-1-5-14(16)20/h1-10H,(H,22,24)(H,23,25). The van der Waals surface area contributed by atoms with Gasteiger partial charge in [0.2, 0.25) is 0 Å². The molecule has 0 saturated carbocycles. The number of hydrogen-bond donors (Lipinski definition) is 2. The molecular formula is C18H12Cl3N3O. The summed E-state index contributed by atoms with van der Waals surface area (Å²) in [5.41, 5.74) is 1.56. The third-order valence-corrected chi connectivity index (χ3v) is 4.43. The van der Waals surface area contributed by atoms with E-state index in [1.807, 2.05) is 12.1 Å². The highest BCUT2D eigenvalue weighted by molar-refractivity contribution is 6.42. The van der Waals surface area contributed by atoms with Crippen LogP contribution in [0.3, 0.4) is 0 Å². The Hall–Kier alpha value is -2.27. The molecule has 3 aromatic rings. The molecule has 0 fully saturated rings. The molecule has 0 aliphatic carbocycles. The van der Waals surface area contributed by atoms with Crippen molar-refractivity contribution >= 4 is 57.9 Å². The molecule has 3 rings (SSSR count). The van der Waals surface area contributed by atoms with Crippen molar-refractivity contribution in [3.63, 3.8) is 0 Å². The van der Waals surface area contributed by atoms with Crippen LogP contribution in [0.15, 0.2) is 60.8 Å². The van der Waals surface area contributed by atoms with Crippen molar-refractivity contribution in [2.45, 2.75) is 0 Å². The number of anilines is 3. The van der Waals surface area contributed by atoms with E-state index in [4.69, 9.17) is 34.8 Å². The minimum absolute atomic E-state index is 0.332. The minimum Gasteiger partial charge on any atom is -0.338 e. The Morgan fingerprint density at radius 3 is 2.44 bits per heavy atom. The van der Waals surface area contributed by atoms with Crippen molar-refractivity contribution in [3.8, 4) is 0 Å². The van der Waals surface area contributed by atoms with Gasteiger partial charge >= 0.3 is 0 Å². The van der Waals surface area contributed by atoms with Gasteiger partial charge < -0.3 is 10.6 Å². The number of pyridine rings is 1. The van der Waals surface area contributed by atoms with E-state index >= 15 is 0 Å². The van der Waals surface area contributed by atoms with Crippen LogP contribution in [0.25, 0.3) is 0 Å². The fourth-order valence-electron chi connectivity index (χ4n) is 2.15. The highest BCUT2D eigenvalue weighted by Gasteiger charge is 2.14. The summed E-state index contributed by atoms with van der Waals surface area (Å²) in [6.45, 7) is 0. The predicted octanol–water partition coefficient (Wildman–Crippen LogP) is 6.04. The first-order valence-corrected chi connectivity index (χ1v) is 8.41. The average molecular weight is 393 g/mol. The number of carbonyl (C=O) groups is 1. The first-order valence-electron chi connectivity index (χ1n) is 7.27. The van der Waals surface area contributed by atoms with Crippen LogP contribution in [0.5, 0.6) is 0 Å². The zero-order valence-corrected chi connectivity index (χ0v) is 15.0. The summed E-state index contributed by atoms with van der Waals surface area (Å²) < 4.78 is 0. The molecule has 1 heterocycles. The van der Waals surface area contributed by atoms with Gasteiger partial charge in [0.1, 0.15) is 5.82 Å². The number of amides is 1. The molecule has 1 aromatic heterocycles. The van der Waals surface area contributed by atoms with Crippen molar-refractivity contribution in [2.24, 2.45) is 0 Å². The number of rotatable bonds is 4. The molecule has 0 bridgehead atoms. The fourth-order valence-corrected chi connectivity index (χ4v) is 2.63. The van der Waals surface area contributed by atoms with Crippen LogP contribution in [-0.2, 0) is 0 Å². The molecule has 2 N–H and O–H groups in total. The van der Waals surface area contributed by atoms with Crippen molar-refractivity contribution in [1.82, 2.24) is 4.98 Å². The molecule has 4 nitrogen and oxygen atoms in total. The van der Waals surface area contributed by atoms with E-state index in [2.05, 4.69) is 15.6 Å². The van der Waals surface area contributed by atoms with Crippen LogP contribution in [0.1, 0.15) is 10.4 Å². The van der Waals surface area contributed by atoms with Crippen molar-refractivity contribution in [1.29, 1.82) is 0 Å². The molecular weight excluding hydrogens is 381 g/mol. The Labute approximate surface area is 159 Å². The van der Waals surface area contributed by atoms with Gasteiger partial charge in [-0.1, -0.05) is 46.9 Å². The van der Waals surface area contributed by atoms with Crippen molar-refractivity contribution in [3.05, 3.63) is 81.4 Å². The van der Waals surface area contributed by atoms with Gasteiger partial charge in [-0.25, -0.2) is 4.98 Å². The van der Waals surface area contributed by atoms with E-state index in [1.54, 1.807) is 48.7 Å². The maximum Gasteiger partial charge on any atom is 0.259 e. The second-order valence-electron chi connectivity index (χ2n) is 5.09. The molecule has 0 aliphatic heterocycles. The molecule has 1 amide bonds. The van der Waals surface area contributed by atoms with E-state index < -0.39 is 0 Å². The minimum atomic E-state index is -0.332. The van der Waals surface area contributed by atoms with Crippen LogP contribution in [0, 0.1) is 0 Å². The van der Waals surface area contributed by atoms with Gasteiger partial charge in [-0.15, -0.1) is 0 Å². The Morgan fingerprint density at radius 2 is 1.68 bits per heavy atom. The number of benzene rings is 2. The van der Waals surface area contributed by atoms with Crippen molar-refractivity contribution < 1.29 is 4.79 Å². The molecule has 0 aliphatic rings. The summed E-state index contributed by atoms with van der Waals surface area (Å²) in [6, 6.07) is 15.4. The highest BCUT2D eigenvalue weighted by Crippen LogP contribution is 2.27. The molecule has 0 unspecified atom stereocenters. The summed E-state index contributed by atoms with van der Waals surface area (Å²) in [5, 5.41) is 7.16. The molecule has 25 heavy (non-hydrogen) atoms. The van der Waals surface area contributed by atoms with Crippen LogP contribution in [-0.4, -0.2) is 10.9 Å². The number of carbonyl (C=O) groups excluding carboxylic acids is 1. The third kappa shape index (κ3) is 4.23. The number of nitrogens with one attached hydrogen (secondary N) is 2. The lowest BCUT2D eigenvalue weighted by Gasteiger charge is -2.12. The maximum absolute atomic E-state index is 12.6. The fraction of sp³-hybridized carbons (Fsp3) is 0. The average Bonchev–Trinajstić information content (AvgIpc) is 2.60. The Kier molecular flexibility index (Phi) is 5.43. The lowest BCUT2D eigenvalue weighted by Crippen LogP contribution is -2.14. The first kappa shape index (κ1) is 17.5. The molecule has 7 heteroatoms. The van der Waals surface area contributed by atoms with Gasteiger partial charge in [0.05, 0.1) is 26.3 Å². The van der Waals surface area contributed by atoms with E-state index in [1.165, 1.54) is 0 Å². The number of nitrogens with zero attached hydrogens (tertiary/aromatic N) is 1. The van der Waals surface area contributed by atoms with Crippen LogP contribution < -0.4 is 10.6 Å². The quantitative estimate of drug-likeness (QED) is 0.569. The number of halogens is 3. The second kappa shape index (κ2) is 7.74. The molecule has 126 valence electrons. The Bertz CT molecular complexity index is 931. The van der Waals surface area contributed by atoms with E-state index in [0.717, 1.165) is 0 Å². The molecule has 0 atom stereocenters. The second-order valence-corrected chi connectivity index (χ2v) is 6.31. The predicted molar refractivity (Wildman–Crippen MR) is 103 cm³/mol. The summed E-state index contributed by atoms with van der Waals surface area (Å²) in [7, 11) is 0. The Balaban J connectivity index is 1.86. The van der Waals surface area contributed by atoms with Gasteiger partial charge in [-0.3, -0.25) is 4.79 Å². The zero-order chi connectivity index (χ0) is 17.8. The SMILES string of the molecule is O=C(Nc1ccc(Cl)c(Cl)c1)c1cccnc1Nc1ccccc1Cl. The number of aromatic nitrogens is 1. The topological polar surface area (TPSA) is 54.0 Å². The lowest BCUT2D eigenvalue weighted by molar-refractivity contribution is 0.102.